The fourth-order valence-corrected chi connectivity index (χ4v) is 4.74. The first-order chi connectivity index (χ1) is 17.4. The summed E-state index contributed by atoms with van der Waals surface area (Å²) in [6, 6.07) is 10.7. The quantitative estimate of drug-likeness (QED) is 0.356. The molecule has 2 aromatic carbocycles. The number of nitrogens with one attached hydrogen (secondary N) is 3. The van der Waals surface area contributed by atoms with E-state index < -0.39 is 17.7 Å². The number of methoxy groups -OCH3 is 2. The summed E-state index contributed by atoms with van der Waals surface area (Å²) in [5.74, 6) is -1.58. The molecule has 1 aliphatic rings. The summed E-state index contributed by atoms with van der Waals surface area (Å²) in [5.41, 5.74) is 3.15. The van der Waals surface area contributed by atoms with Crippen molar-refractivity contribution in [2.75, 3.05) is 45.8 Å². The minimum Gasteiger partial charge on any atom is -0.383 e. The third-order valence-electron chi connectivity index (χ3n) is 6.16. The molecule has 4 rings (SSSR count). The Kier molecular flexibility index (Phi) is 8.68. The number of anilines is 1. The number of aromatic amines is 1. The summed E-state index contributed by atoms with van der Waals surface area (Å²) in [7, 11) is 3.25. The predicted octanol–water partition coefficient (Wildman–Crippen LogP) is 4.50. The first-order valence-corrected chi connectivity index (χ1v) is 12.2. The fourth-order valence-electron chi connectivity index (χ4n) is 4.38. The third-order valence-corrected chi connectivity index (χ3v) is 6.94. The van der Waals surface area contributed by atoms with Crippen LogP contribution in [0.5, 0.6) is 0 Å². The van der Waals surface area contributed by atoms with Crippen LogP contribution in [0.1, 0.15) is 17.0 Å². The van der Waals surface area contributed by atoms with Crippen molar-refractivity contribution in [1.29, 1.82) is 0 Å². The molecule has 3 aromatic rings. The number of nitrogens with zero attached hydrogens (tertiary/aromatic N) is 2. The van der Waals surface area contributed by atoms with Gasteiger partial charge in [-0.25, -0.2) is 13.6 Å². The molecule has 1 aliphatic heterocycles. The molecule has 0 unspecified atom stereocenters. The monoisotopic (exact) mass is 563 g/mol. The van der Waals surface area contributed by atoms with Gasteiger partial charge in [-0.2, -0.15) is 5.10 Å². The van der Waals surface area contributed by atoms with Gasteiger partial charge in [0.1, 0.15) is 5.82 Å². The second-order valence-electron chi connectivity index (χ2n) is 8.64. The highest BCUT2D eigenvalue weighted by molar-refractivity contribution is 9.10. The molecule has 0 saturated carbocycles. The van der Waals surface area contributed by atoms with Crippen molar-refractivity contribution in [1.82, 2.24) is 20.4 Å². The summed E-state index contributed by atoms with van der Waals surface area (Å²) < 4.78 is 38.7. The van der Waals surface area contributed by atoms with Gasteiger partial charge in [-0.3, -0.25) is 15.3 Å². The average Bonchev–Trinajstić information content (AvgIpc) is 3.48. The van der Waals surface area contributed by atoms with Crippen LogP contribution in [0, 0.1) is 11.6 Å². The van der Waals surface area contributed by atoms with Gasteiger partial charge in [-0.05, 0) is 35.4 Å². The molecule has 8 nitrogen and oxygen atoms in total. The van der Waals surface area contributed by atoms with E-state index in [-0.39, 0.29) is 12.0 Å². The summed E-state index contributed by atoms with van der Waals surface area (Å²) >= 11 is 3.51. The van der Waals surface area contributed by atoms with Crippen LogP contribution in [-0.4, -0.2) is 67.6 Å². The van der Waals surface area contributed by atoms with Gasteiger partial charge in [0.2, 0.25) is 0 Å². The molecule has 0 aliphatic carbocycles. The number of carbonyl (C=O) groups is 1. The number of H-pyrrole nitrogens is 1. The van der Waals surface area contributed by atoms with Crippen LogP contribution in [0.4, 0.5) is 19.4 Å². The van der Waals surface area contributed by atoms with Crippen LogP contribution in [-0.2, 0) is 16.1 Å². The smallest absolute Gasteiger partial charge is 0.320 e. The number of urea groups is 1. The minimum absolute atomic E-state index is 0.206. The fraction of sp³-hybridized carbons (Fsp3) is 0.360. The lowest BCUT2D eigenvalue weighted by molar-refractivity contribution is 0.159. The topological polar surface area (TPSA) is 91.5 Å². The van der Waals surface area contributed by atoms with Crippen molar-refractivity contribution >= 4 is 27.8 Å². The molecular weight excluding hydrogens is 536 g/mol. The molecule has 1 saturated heterocycles. The number of benzene rings is 2. The van der Waals surface area contributed by atoms with E-state index >= 15 is 0 Å². The van der Waals surface area contributed by atoms with Crippen LogP contribution >= 0.6 is 15.9 Å². The van der Waals surface area contributed by atoms with E-state index in [1.807, 2.05) is 18.2 Å². The minimum atomic E-state index is -0.905. The number of hydrogen-bond donors (Lipinski definition) is 3. The first-order valence-electron chi connectivity index (χ1n) is 11.4. The molecule has 11 heteroatoms. The van der Waals surface area contributed by atoms with E-state index in [1.165, 1.54) is 6.07 Å². The molecule has 1 aromatic heterocycles. The lowest BCUT2D eigenvalue weighted by Gasteiger charge is -2.20. The van der Waals surface area contributed by atoms with Crippen LogP contribution in [0.2, 0.25) is 0 Å². The molecular formula is C25H28BrF2N5O3. The zero-order chi connectivity index (χ0) is 25.7. The van der Waals surface area contributed by atoms with Gasteiger partial charge in [0.05, 0.1) is 24.9 Å². The Labute approximate surface area is 216 Å². The second-order valence-corrected chi connectivity index (χ2v) is 9.50. The molecule has 192 valence electrons. The zero-order valence-corrected chi connectivity index (χ0v) is 21.6. The lowest BCUT2D eigenvalue weighted by atomic mass is 9.94. The molecule has 2 atom stereocenters. The number of hydrogen-bond acceptors (Lipinski definition) is 5. The van der Waals surface area contributed by atoms with Gasteiger partial charge in [0, 0.05) is 55.9 Å². The van der Waals surface area contributed by atoms with E-state index in [4.69, 9.17) is 9.47 Å². The molecule has 0 bridgehead atoms. The van der Waals surface area contributed by atoms with E-state index in [2.05, 4.69) is 41.7 Å². The van der Waals surface area contributed by atoms with E-state index in [1.54, 1.807) is 26.4 Å². The van der Waals surface area contributed by atoms with Crippen LogP contribution < -0.4 is 10.6 Å². The highest BCUT2D eigenvalue weighted by Gasteiger charge is 2.35. The molecule has 2 amide bonds. The van der Waals surface area contributed by atoms with Crippen molar-refractivity contribution in [3.63, 3.8) is 0 Å². The molecule has 0 radical (unpaired) electrons. The van der Waals surface area contributed by atoms with Gasteiger partial charge in [0.25, 0.3) is 0 Å². The second kappa shape index (κ2) is 11.9. The Morgan fingerprint density at radius 3 is 2.72 bits per heavy atom. The Hall–Kier alpha value is -2.86. The molecule has 3 N–H and O–H groups in total. The van der Waals surface area contributed by atoms with Crippen LogP contribution in [0.3, 0.4) is 0 Å². The third kappa shape index (κ3) is 6.28. The highest BCUT2D eigenvalue weighted by atomic mass is 79.9. The Morgan fingerprint density at radius 1 is 1.14 bits per heavy atom. The van der Waals surface area contributed by atoms with Crippen molar-refractivity contribution in [3.8, 4) is 11.3 Å². The summed E-state index contributed by atoms with van der Waals surface area (Å²) in [5, 5.41) is 12.9. The van der Waals surface area contributed by atoms with Gasteiger partial charge in [-0.1, -0.05) is 28.1 Å². The van der Waals surface area contributed by atoms with Crippen LogP contribution in [0.25, 0.3) is 11.3 Å². The number of carbonyl (C=O) groups excluding carboxylic acids is 1. The lowest BCUT2D eigenvalue weighted by Crippen LogP contribution is -2.42. The molecule has 1 fully saturated rings. The maximum atomic E-state index is 13.9. The van der Waals surface area contributed by atoms with E-state index in [0.29, 0.717) is 49.9 Å². The van der Waals surface area contributed by atoms with E-state index in [9.17, 15) is 13.6 Å². The van der Waals surface area contributed by atoms with Gasteiger partial charge in [0.15, 0.2) is 11.6 Å². The van der Waals surface area contributed by atoms with Crippen molar-refractivity contribution < 1.29 is 23.0 Å². The maximum absolute atomic E-state index is 13.9. The SMILES string of the molecule is COCCN1C[C@@H](NC(=O)Nc2cc(-c3ccc(Br)c(COC)c3)n[nH]2)[C@H](c2ccc(F)c(F)c2)C1. The molecule has 2 heterocycles. The number of amides is 2. The van der Waals surface area contributed by atoms with Crippen molar-refractivity contribution in [2.45, 2.75) is 18.6 Å². The van der Waals surface area contributed by atoms with E-state index in [0.717, 1.165) is 21.7 Å². The summed E-state index contributed by atoms with van der Waals surface area (Å²) in [4.78, 5) is 15.0. The Bertz CT molecular complexity index is 1210. The number of aromatic nitrogens is 2. The van der Waals surface area contributed by atoms with Crippen molar-refractivity contribution in [2.24, 2.45) is 0 Å². The highest BCUT2D eigenvalue weighted by Crippen LogP contribution is 2.29. The molecule has 36 heavy (non-hydrogen) atoms. The standard InChI is InChI=1S/C25H28BrF2N5O3/c1-35-8-7-33-12-18(15-4-6-20(27)21(28)10-15)23(13-33)29-25(34)30-24-11-22(31-32-24)16-3-5-19(26)17(9-16)14-36-2/h3-6,9-11,18,23H,7-8,12-14H2,1-2H3,(H3,29,30,31,32,34)/t18-,23+/m0/s1. The number of rotatable bonds is 9. The summed E-state index contributed by atoms with van der Waals surface area (Å²) in [6.45, 7) is 2.78. The largest absolute Gasteiger partial charge is 0.383 e. The number of halogens is 3. The normalized spacial score (nSPS) is 17.9. The number of likely N-dealkylation sites (tertiary alicyclic amines) is 1. The Balaban J connectivity index is 1.44. The van der Waals surface area contributed by atoms with Crippen molar-refractivity contribution in [3.05, 3.63) is 69.7 Å². The van der Waals surface area contributed by atoms with Gasteiger partial charge < -0.3 is 14.8 Å². The maximum Gasteiger partial charge on any atom is 0.320 e. The predicted molar refractivity (Wildman–Crippen MR) is 136 cm³/mol. The van der Waals surface area contributed by atoms with Crippen LogP contribution in [0.15, 0.2) is 46.9 Å². The molecule has 0 spiro atoms. The van der Waals surface area contributed by atoms with Gasteiger partial charge in [-0.15, -0.1) is 0 Å². The summed E-state index contributed by atoms with van der Waals surface area (Å²) in [6.07, 6.45) is 0. The van der Waals surface area contributed by atoms with Gasteiger partial charge >= 0.3 is 6.03 Å². The average molecular weight is 564 g/mol. The zero-order valence-electron chi connectivity index (χ0n) is 20.0. The Morgan fingerprint density at radius 2 is 1.97 bits per heavy atom. The first kappa shape index (κ1) is 26.2. The number of ether oxygens (including phenoxy) is 2.